The number of nitrogens with one attached hydrogen (secondary N) is 2. The molecule has 0 aromatic heterocycles. The van der Waals surface area contributed by atoms with Crippen molar-refractivity contribution in [2.75, 3.05) is 16.9 Å². The van der Waals surface area contributed by atoms with Gasteiger partial charge in [0.15, 0.2) is 0 Å². The summed E-state index contributed by atoms with van der Waals surface area (Å²) in [6.07, 6.45) is 0.496. The predicted molar refractivity (Wildman–Crippen MR) is 117 cm³/mol. The quantitative estimate of drug-likeness (QED) is 0.764. The van der Waals surface area contributed by atoms with Gasteiger partial charge in [0.25, 0.3) is 0 Å². The lowest BCUT2D eigenvalue weighted by atomic mass is 9.94. The molecule has 0 saturated carbocycles. The van der Waals surface area contributed by atoms with Gasteiger partial charge in [0.05, 0.1) is 11.6 Å². The van der Waals surface area contributed by atoms with E-state index in [1.807, 2.05) is 39.8 Å². The molecule has 2 atom stereocenters. The van der Waals surface area contributed by atoms with Crippen LogP contribution in [0.5, 0.6) is 0 Å². The second kappa shape index (κ2) is 9.07. The highest BCUT2D eigenvalue weighted by atomic mass is 32.2. The lowest BCUT2D eigenvalue weighted by Gasteiger charge is -2.35. The number of hydrazone groups is 1. The van der Waals surface area contributed by atoms with Crippen LogP contribution in [0.2, 0.25) is 0 Å². The van der Waals surface area contributed by atoms with E-state index in [1.165, 1.54) is 4.90 Å². The molecule has 0 bridgehead atoms. The molecule has 1 fully saturated rings. The SMILES string of the molecule is CC1CC(=O)NN=C1c1ccc(NC(=O)C2CCSCN2C(=O)OC(C)(C)C)cc1. The summed E-state index contributed by atoms with van der Waals surface area (Å²) in [5.74, 6) is 0.941. The molecular weight excluding hydrogens is 404 g/mol. The molecule has 8 nitrogen and oxygen atoms in total. The van der Waals surface area contributed by atoms with Gasteiger partial charge in [-0.15, -0.1) is 11.8 Å². The largest absolute Gasteiger partial charge is 0.444 e. The van der Waals surface area contributed by atoms with E-state index in [9.17, 15) is 14.4 Å². The van der Waals surface area contributed by atoms with Crippen LogP contribution in [0.4, 0.5) is 10.5 Å². The monoisotopic (exact) mass is 432 g/mol. The molecule has 2 aliphatic rings. The summed E-state index contributed by atoms with van der Waals surface area (Å²) in [5, 5.41) is 7.05. The minimum absolute atomic E-state index is 0.0290. The Morgan fingerprint density at radius 2 is 1.97 bits per heavy atom. The smallest absolute Gasteiger partial charge is 0.411 e. The Hall–Kier alpha value is -2.55. The summed E-state index contributed by atoms with van der Waals surface area (Å²) in [7, 11) is 0. The minimum Gasteiger partial charge on any atom is -0.444 e. The summed E-state index contributed by atoms with van der Waals surface area (Å²) in [5.41, 5.74) is 4.24. The fourth-order valence-corrected chi connectivity index (χ4v) is 4.33. The van der Waals surface area contributed by atoms with Crippen LogP contribution >= 0.6 is 11.8 Å². The van der Waals surface area contributed by atoms with Gasteiger partial charge in [-0.1, -0.05) is 19.1 Å². The second-order valence-corrected chi connectivity index (χ2v) is 9.57. The molecule has 1 aromatic rings. The number of thioether (sulfide) groups is 1. The first-order valence-corrected chi connectivity index (χ1v) is 11.1. The number of hydrogen-bond donors (Lipinski definition) is 2. The third-order valence-corrected chi connectivity index (χ3v) is 5.77. The molecule has 2 unspecified atom stereocenters. The maximum atomic E-state index is 12.9. The van der Waals surface area contributed by atoms with Gasteiger partial charge in [-0.2, -0.15) is 5.10 Å². The molecule has 1 saturated heterocycles. The summed E-state index contributed by atoms with van der Waals surface area (Å²) in [6.45, 7) is 7.38. The third kappa shape index (κ3) is 5.53. The fraction of sp³-hybridized carbons (Fsp3) is 0.524. The Labute approximate surface area is 180 Å². The van der Waals surface area contributed by atoms with Gasteiger partial charge in [-0.3, -0.25) is 14.5 Å². The number of anilines is 1. The highest BCUT2D eigenvalue weighted by Crippen LogP contribution is 2.24. The van der Waals surface area contributed by atoms with Crippen molar-refractivity contribution in [2.24, 2.45) is 11.0 Å². The summed E-state index contributed by atoms with van der Waals surface area (Å²) < 4.78 is 5.46. The molecule has 2 aliphatic heterocycles. The molecule has 1 aromatic carbocycles. The lowest BCUT2D eigenvalue weighted by Crippen LogP contribution is -2.51. The van der Waals surface area contributed by atoms with Crippen LogP contribution < -0.4 is 10.7 Å². The first kappa shape index (κ1) is 22.1. The predicted octanol–water partition coefficient (Wildman–Crippen LogP) is 3.19. The van der Waals surface area contributed by atoms with Crippen LogP contribution in [0, 0.1) is 5.92 Å². The van der Waals surface area contributed by atoms with Crippen molar-refractivity contribution in [3.8, 4) is 0 Å². The van der Waals surface area contributed by atoms with Crippen LogP contribution in [0.3, 0.4) is 0 Å². The van der Waals surface area contributed by atoms with Gasteiger partial charge >= 0.3 is 6.09 Å². The van der Waals surface area contributed by atoms with E-state index >= 15 is 0 Å². The van der Waals surface area contributed by atoms with Gasteiger partial charge in [0.1, 0.15) is 11.6 Å². The number of amides is 3. The van der Waals surface area contributed by atoms with Crippen LogP contribution in [-0.4, -0.2) is 51.8 Å². The Morgan fingerprint density at radius 1 is 1.27 bits per heavy atom. The van der Waals surface area contributed by atoms with Crippen molar-refractivity contribution in [1.82, 2.24) is 10.3 Å². The third-order valence-electron chi connectivity index (χ3n) is 4.78. The normalized spacial score (nSPS) is 22.1. The van der Waals surface area contributed by atoms with Gasteiger partial charge in [0.2, 0.25) is 11.8 Å². The maximum absolute atomic E-state index is 12.9. The average Bonchev–Trinajstić information content (AvgIpc) is 2.67. The van der Waals surface area contributed by atoms with Crippen molar-refractivity contribution in [2.45, 2.75) is 52.2 Å². The molecule has 2 heterocycles. The summed E-state index contributed by atoms with van der Waals surface area (Å²) in [6, 6.07) is 6.76. The highest BCUT2D eigenvalue weighted by Gasteiger charge is 2.35. The number of nitrogens with zero attached hydrogens (tertiary/aromatic N) is 2. The lowest BCUT2D eigenvalue weighted by molar-refractivity contribution is -0.122. The maximum Gasteiger partial charge on any atom is 0.411 e. The fourth-order valence-electron chi connectivity index (χ4n) is 3.33. The molecule has 0 aliphatic carbocycles. The minimum atomic E-state index is -0.617. The Bertz CT molecular complexity index is 848. The van der Waals surface area contributed by atoms with Crippen molar-refractivity contribution >= 4 is 41.1 Å². The number of ether oxygens (including phenoxy) is 1. The first-order valence-electron chi connectivity index (χ1n) is 9.99. The van der Waals surface area contributed by atoms with Gasteiger partial charge in [-0.25, -0.2) is 10.2 Å². The van der Waals surface area contributed by atoms with Crippen LogP contribution in [0.25, 0.3) is 0 Å². The Kier molecular flexibility index (Phi) is 6.70. The van der Waals surface area contributed by atoms with Gasteiger partial charge in [0, 0.05) is 18.0 Å². The van der Waals surface area contributed by atoms with Gasteiger partial charge < -0.3 is 10.1 Å². The van der Waals surface area contributed by atoms with Gasteiger partial charge in [-0.05, 0) is 50.6 Å². The first-order chi connectivity index (χ1) is 14.1. The molecular formula is C21H28N4O4S. The zero-order chi connectivity index (χ0) is 21.9. The molecule has 2 N–H and O–H groups in total. The van der Waals surface area contributed by atoms with Crippen LogP contribution in [0.15, 0.2) is 29.4 Å². The average molecular weight is 433 g/mol. The number of rotatable bonds is 3. The van der Waals surface area contributed by atoms with Crippen molar-refractivity contribution < 1.29 is 19.1 Å². The van der Waals surface area contributed by atoms with Crippen molar-refractivity contribution in [1.29, 1.82) is 0 Å². The summed E-state index contributed by atoms with van der Waals surface area (Å²) >= 11 is 1.60. The van der Waals surface area contributed by atoms with E-state index in [2.05, 4.69) is 15.8 Å². The number of carbonyl (C=O) groups is 3. The van der Waals surface area contributed by atoms with E-state index in [0.29, 0.717) is 24.4 Å². The molecule has 3 rings (SSSR count). The van der Waals surface area contributed by atoms with E-state index in [4.69, 9.17) is 4.74 Å². The molecule has 162 valence electrons. The topological polar surface area (TPSA) is 100 Å². The Balaban J connectivity index is 1.67. The Morgan fingerprint density at radius 3 is 2.60 bits per heavy atom. The molecule has 0 radical (unpaired) electrons. The van der Waals surface area contributed by atoms with E-state index < -0.39 is 17.7 Å². The number of benzene rings is 1. The molecule has 30 heavy (non-hydrogen) atoms. The zero-order valence-corrected chi connectivity index (χ0v) is 18.5. The standard InChI is InChI=1S/C21H28N4O4S/c1-13-11-17(26)23-24-18(13)14-5-7-15(8-6-14)22-19(27)16-9-10-30-12-25(16)20(28)29-21(2,3)4/h5-8,13,16H,9-12H2,1-4H3,(H,22,27)(H,23,26). The summed E-state index contributed by atoms with van der Waals surface area (Å²) in [4.78, 5) is 38.3. The van der Waals surface area contributed by atoms with E-state index in [-0.39, 0.29) is 17.7 Å². The molecule has 3 amide bonds. The molecule has 0 spiro atoms. The van der Waals surface area contributed by atoms with Crippen LogP contribution in [-0.2, 0) is 14.3 Å². The van der Waals surface area contributed by atoms with Crippen LogP contribution in [0.1, 0.15) is 46.1 Å². The van der Waals surface area contributed by atoms with E-state index in [0.717, 1.165) is 17.0 Å². The van der Waals surface area contributed by atoms with E-state index in [1.54, 1.807) is 23.9 Å². The number of carbonyl (C=O) groups excluding carboxylic acids is 3. The highest BCUT2D eigenvalue weighted by molar-refractivity contribution is 7.99. The number of hydrogen-bond acceptors (Lipinski definition) is 6. The molecule has 9 heteroatoms. The zero-order valence-electron chi connectivity index (χ0n) is 17.7. The second-order valence-electron chi connectivity index (χ2n) is 8.50. The van der Waals surface area contributed by atoms with Crippen molar-refractivity contribution in [3.63, 3.8) is 0 Å². The van der Waals surface area contributed by atoms with Crippen molar-refractivity contribution in [3.05, 3.63) is 29.8 Å².